The summed E-state index contributed by atoms with van der Waals surface area (Å²) >= 11 is 5.56. The van der Waals surface area contributed by atoms with Crippen LogP contribution in [0.3, 0.4) is 0 Å². The number of aromatic amines is 1. The lowest BCUT2D eigenvalue weighted by Gasteiger charge is -2.37. The molecule has 1 aliphatic heterocycles. The quantitative estimate of drug-likeness (QED) is 0.0808. The van der Waals surface area contributed by atoms with Crippen LogP contribution in [-0.4, -0.2) is 121 Å². The molecule has 0 aliphatic carbocycles. The van der Waals surface area contributed by atoms with Crippen LogP contribution in [0.5, 0.6) is 0 Å². The summed E-state index contributed by atoms with van der Waals surface area (Å²) in [6, 6.07) is 1.00. The highest BCUT2D eigenvalue weighted by Crippen LogP contribution is 2.58. The molecule has 22 nitrogen and oxygen atoms in total. The minimum absolute atomic E-state index is 0.146. The summed E-state index contributed by atoms with van der Waals surface area (Å²) in [4.78, 5) is 42.8. The van der Waals surface area contributed by atoms with Gasteiger partial charge in [-0.05, 0) is 11.8 Å². The van der Waals surface area contributed by atoms with Gasteiger partial charge < -0.3 is 42.7 Å². The molecule has 0 spiro atoms. The van der Waals surface area contributed by atoms with Gasteiger partial charge in [0.1, 0.15) is 50.8 Å². The SMILES string of the molecule is [C-]#[N+]CCOP(=O)(OCC[N+]#[C-])OCC1(COP(=O)(OCC[N+]#[C-])OCC[N+]#[C-])O[C@@H](n2ccc(=O)[nH]c2=O)C(OC)[C@H]1OP(=S)(OC)OCC[N+]#[C-]. The zero-order valence-corrected chi connectivity index (χ0v) is 31.9. The van der Waals surface area contributed by atoms with E-state index in [0.29, 0.717) is 0 Å². The third-order valence-electron chi connectivity index (χ3n) is 6.51. The Labute approximate surface area is 310 Å². The fourth-order valence-corrected chi connectivity index (χ4v) is 8.26. The molecule has 1 fully saturated rings. The molecule has 1 aromatic rings. The van der Waals surface area contributed by atoms with Crippen molar-refractivity contribution in [3.63, 3.8) is 0 Å². The van der Waals surface area contributed by atoms with E-state index >= 15 is 0 Å². The highest BCUT2D eigenvalue weighted by atomic mass is 32.5. The fourth-order valence-electron chi connectivity index (χ4n) is 4.19. The number of phosphoric acid groups is 2. The molecule has 1 N–H and O–H groups in total. The Morgan fingerprint density at radius 3 is 1.58 bits per heavy atom. The van der Waals surface area contributed by atoms with Crippen molar-refractivity contribution in [2.75, 3.05) is 93.2 Å². The van der Waals surface area contributed by atoms with E-state index < -0.39 is 97.3 Å². The van der Waals surface area contributed by atoms with Gasteiger partial charge in [0.2, 0.25) is 32.7 Å². The number of methoxy groups -OCH3 is 1. The number of nitrogens with one attached hydrogen (secondary N) is 1. The van der Waals surface area contributed by atoms with Crippen LogP contribution in [0.1, 0.15) is 6.23 Å². The Morgan fingerprint density at radius 1 is 0.774 bits per heavy atom. The largest absolute Gasteiger partial charge is 0.475 e. The zero-order valence-electron chi connectivity index (χ0n) is 28.4. The summed E-state index contributed by atoms with van der Waals surface area (Å²) in [5.41, 5.74) is -4.00. The van der Waals surface area contributed by atoms with Gasteiger partial charge in [-0.1, -0.05) is 0 Å². The maximum absolute atomic E-state index is 13.8. The van der Waals surface area contributed by atoms with Crippen LogP contribution in [0.2, 0.25) is 0 Å². The van der Waals surface area contributed by atoms with Gasteiger partial charge >= 0.3 is 28.1 Å². The summed E-state index contributed by atoms with van der Waals surface area (Å²) in [7, 11) is -6.99. The predicted molar refractivity (Wildman–Crippen MR) is 185 cm³/mol. The Balaban J connectivity index is 2.81. The summed E-state index contributed by atoms with van der Waals surface area (Å²) in [5.74, 6) is 0. The molecule has 0 amide bonds. The van der Waals surface area contributed by atoms with Gasteiger partial charge in [0, 0.05) is 26.5 Å². The second-order valence-electron chi connectivity index (χ2n) is 9.96. The van der Waals surface area contributed by atoms with E-state index in [-0.39, 0.29) is 39.3 Å². The molecule has 2 heterocycles. The molecule has 0 aromatic carbocycles. The standard InChI is InChI=1S/C27H36N7O15P3S/c1-28-9-15-41-50(37,42-16-10-29-2)46-20-27(21-47-51(38,43-17-11-30-3)44-18-12-31-4)24(49-52(53,40-7)45-19-13-32-5)23(39-6)25(48-27)34-14-8-22(35)33-26(34)36/h8,14,23-25H,9-13,15-21H2,6-7H3,(H,33,35,36)/t23?,24-,25-,52?/m1/s1. The van der Waals surface area contributed by atoms with Gasteiger partial charge in [-0.2, -0.15) is 0 Å². The maximum Gasteiger partial charge on any atom is 0.475 e. The molecule has 26 heteroatoms. The van der Waals surface area contributed by atoms with Crippen LogP contribution in [-0.2, 0) is 71.1 Å². The Bertz CT molecular complexity index is 1720. The first kappa shape index (κ1) is 46.0. The molecule has 1 saturated heterocycles. The Kier molecular flexibility index (Phi) is 19.8. The predicted octanol–water partition coefficient (Wildman–Crippen LogP) is 3.00. The number of hydrogen-bond donors (Lipinski definition) is 1. The van der Waals surface area contributed by atoms with Crippen LogP contribution < -0.4 is 11.2 Å². The average molecular weight is 824 g/mol. The van der Waals surface area contributed by atoms with Gasteiger partial charge in [0.15, 0.2) is 6.23 Å². The van der Waals surface area contributed by atoms with Crippen molar-refractivity contribution in [1.82, 2.24) is 9.55 Å². The Hall–Kier alpha value is -3.20. The molecular weight excluding hydrogens is 787 g/mol. The van der Waals surface area contributed by atoms with Crippen molar-refractivity contribution in [3.8, 4) is 0 Å². The molecule has 0 radical (unpaired) electrons. The maximum atomic E-state index is 13.8. The van der Waals surface area contributed by atoms with Gasteiger partial charge in [-0.15, -0.1) is 0 Å². The minimum Gasteiger partial charge on any atom is -0.374 e. The summed E-state index contributed by atoms with van der Waals surface area (Å²) in [6.07, 6.45) is -3.57. The third kappa shape index (κ3) is 14.2. The lowest BCUT2D eigenvalue weighted by Crippen LogP contribution is -2.52. The van der Waals surface area contributed by atoms with Crippen molar-refractivity contribution in [1.29, 1.82) is 0 Å². The van der Waals surface area contributed by atoms with Crippen molar-refractivity contribution in [2.45, 2.75) is 24.0 Å². The lowest BCUT2D eigenvalue weighted by atomic mass is 9.97. The first-order valence-electron chi connectivity index (χ1n) is 15.1. The molecule has 290 valence electrons. The van der Waals surface area contributed by atoms with Crippen molar-refractivity contribution in [3.05, 3.63) is 90.2 Å². The highest BCUT2D eigenvalue weighted by Gasteiger charge is 2.61. The van der Waals surface area contributed by atoms with Crippen molar-refractivity contribution >= 4 is 34.2 Å². The van der Waals surface area contributed by atoms with Crippen LogP contribution in [0, 0.1) is 32.9 Å². The first-order chi connectivity index (χ1) is 25.3. The van der Waals surface area contributed by atoms with Gasteiger partial charge in [-0.25, -0.2) is 46.8 Å². The number of rotatable bonds is 26. The summed E-state index contributed by atoms with van der Waals surface area (Å²) in [6.45, 7) is 26.3. The Morgan fingerprint density at radius 2 is 1.21 bits per heavy atom. The smallest absolute Gasteiger partial charge is 0.374 e. The van der Waals surface area contributed by atoms with Gasteiger partial charge in [-0.3, -0.25) is 46.0 Å². The van der Waals surface area contributed by atoms with Crippen molar-refractivity contribution in [2.24, 2.45) is 0 Å². The highest BCUT2D eigenvalue weighted by molar-refractivity contribution is 8.07. The molecule has 1 aliphatic rings. The molecule has 0 bridgehead atoms. The van der Waals surface area contributed by atoms with E-state index in [0.717, 1.165) is 23.9 Å². The molecule has 0 saturated carbocycles. The zero-order chi connectivity index (χ0) is 39.4. The van der Waals surface area contributed by atoms with E-state index in [1.165, 1.54) is 7.11 Å². The van der Waals surface area contributed by atoms with E-state index in [9.17, 15) is 18.7 Å². The normalized spacial score (nSPS) is 19.2. The van der Waals surface area contributed by atoms with E-state index in [1.807, 2.05) is 0 Å². The van der Waals surface area contributed by atoms with Crippen LogP contribution >= 0.6 is 22.4 Å². The molecule has 4 atom stereocenters. The van der Waals surface area contributed by atoms with E-state index in [1.54, 1.807) is 0 Å². The van der Waals surface area contributed by atoms with Crippen molar-refractivity contribution < 1.29 is 59.3 Å². The van der Waals surface area contributed by atoms with E-state index in [4.69, 9.17) is 94.9 Å². The number of H-pyrrole nitrogens is 1. The first-order valence-corrected chi connectivity index (χ1v) is 20.5. The molecule has 2 unspecified atom stereocenters. The van der Waals surface area contributed by atoms with Gasteiger partial charge in [0.05, 0.1) is 13.2 Å². The topological polar surface area (TPSA) is 212 Å². The summed E-state index contributed by atoms with van der Waals surface area (Å²) < 4.78 is 90.6. The van der Waals surface area contributed by atoms with Crippen LogP contribution in [0.25, 0.3) is 24.2 Å². The van der Waals surface area contributed by atoms with E-state index in [2.05, 4.69) is 29.2 Å². The molecule has 1 aromatic heterocycles. The minimum atomic E-state index is -4.67. The second kappa shape index (κ2) is 22.9. The number of hydrogen-bond acceptors (Lipinski definition) is 16. The number of aromatic nitrogens is 2. The number of ether oxygens (including phenoxy) is 2. The monoisotopic (exact) mass is 823 g/mol. The number of nitrogens with zero attached hydrogens (tertiary/aromatic N) is 6. The second-order valence-corrected chi connectivity index (χ2v) is 16.4. The fraction of sp³-hybridized carbons (Fsp3) is 0.667. The molecule has 2 rings (SSSR count). The lowest BCUT2D eigenvalue weighted by molar-refractivity contribution is -0.146. The van der Waals surface area contributed by atoms with Crippen LogP contribution in [0.15, 0.2) is 21.9 Å². The third-order valence-corrected chi connectivity index (χ3v) is 11.9. The molecule has 53 heavy (non-hydrogen) atoms. The van der Waals surface area contributed by atoms with Crippen LogP contribution in [0.4, 0.5) is 0 Å². The summed E-state index contributed by atoms with van der Waals surface area (Å²) in [5, 5.41) is 0. The number of phosphoric ester groups is 2. The van der Waals surface area contributed by atoms with Gasteiger partial charge in [0.25, 0.3) is 5.56 Å². The molecular formula is C27H36N7O15P3S. The average Bonchev–Trinajstić information content (AvgIpc) is 3.43.